The number of aliphatic hydroxyl groups excluding tert-OH is 1. The van der Waals surface area contributed by atoms with Crippen molar-refractivity contribution in [2.75, 3.05) is 13.2 Å². The number of amides is 2. The molecule has 0 radical (unpaired) electrons. The van der Waals surface area contributed by atoms with E-state index in [2.05, 4.69) is 5.32 Å². The number of carbonyl (C=O) groups is 2. The van der Waals surface area contributed by atoms with E-state index in [9.17, 15) is 14.0 Å². The second-order valence-electron chi connectivity index (χ2n) is 3.76. The highest BCUT2D eigenvalue weighted by molar-refractivity contribution is 5.97. The summed E-state index contributed by atoms with van der Waals surface area (Å²) in [6, 6.07) is 2.13. The molecule has 0 bridgehead atoms. The molecule has 0 fully saturated rings. The van der Waals surface area contributed by atoms with Crippen molar-refractivity contribution < 1.29 is 29.0 Å². The lowest BCUT2D eigenvalue weighted by molar-refractivity contribution is -0.132. The van der Waals surface area contributed by atoms with Crippen molar-refractivity contribution >= 4 is 11.8 Å². The Bertz CT molecular complexity index is 495. The highest BCUT2D eigenvalue weighted by Gasteiger charge is 2.20. The highest BCUT2D eigenvalue weighted by Crippen LogP contribution is 2.18. The second-order valence-corrected chi connectivity index (χ2v) is 3.76. The molecule has 0 saturated heterocycles. The van der Waals surface area contributed by atoms with Gasteiger partial charge in [-0.2, -0.15) is 0 Å². The largest absolute Gasteiger partial charge is 0.491 e. The summed E-state index contributed by atoms with van der Waals surface area (Å²) in [6.07, 6.45) is 0. The molecule has 8 heteroatoms. The van der Waals surface area contributed by atoms with Crippen molar-refractivity contribution in [3.63, 3.8) is 0 Å². The van der Waals surface area contributed by atoms with Crippen LogP contribution in [0.2, 0.25) is 0 Å². The van der Waals surface area contributed by atoms with E-state index >= 15 is 0 Å². The van der Waals surface area contributed by atoms with E-state index in [1.165, 1.54) is 17.6 Å². The summed E-state index contributed by atoms with van der Waals surface area (Å²) < 4.78 is 18.3. The van der Waals surface area contributed by atoms with Crippen molar-refractivity contribution in [3.8, 4) is 5.75 Å². The standard InChI is InChI=1S/C12H15FN2O5/c1-2-20-10-5-7(3-4-8(10)13)11(17)14-9(6-16)12(18)15-19/h3-5,9,16,19H,2,6H2,1H3,(H,14,17)(H,15,18)/t9-/m0/s1. The molecule has 4 N–H and O–H groups in total. The lowest BCUT2D eigenvalue weighted by Gasteiger charge is -2.14. The fourth-order valence-corrected chi connectivity index (χ4v) is 1.42. The van der Waals surface area contributed by atoms with Gasteiger partial charge in [-0.05, 0) is 25.1 Å². The van der Waals surface area contributed by atoms with Crippen LogP contribution >= 0.6 is 0 Å². The van der Waals surface area contributed by atoms with Crippen LogP contribution in [0.25, 0.3) is 0 Å². The lowest BCUT2D eigenvalue weighted by atomic mass is 10.1. The Morgan fingerprint density at radius 3 is 2.70 bits per heavy atom. The SMILES string of the molecule is CCOc1cc(C(=O)N[C@@H](CO)C(=O)NO)ccc1F. The van der Waals surface area contributed by atoms with Crippen molar-refractivity contribution in [1.29, 1.82) is 0 Å². The quantitative estimate of drug-likeness (QED) is 0.428. The minimum absolute atomic E-state index is 0.0547. The number of hydroxylamine groups is 1. The first kappa shape index (κ1) is 15.9. The fourth-order valence-electron chi connectivity index (χ4n) is 1.42. The molecule has 1 atom stereocenters. The molecule has 0 unspecified atom stereocenters. The lowest BCUT2D eigenvalue weighted by Crippen LogP contribution is -2.48. The molecule has 110 valence electrons. The summed E-state index contributed by atoms with van der Waals surface area (Å²) >= 11 is 0. The molecule has 0 heterocycles. The minimum atomic E-state index is -1.31. The third kappa shape index (κ3) is 3.90. The number of ether oxygens (including phenoxy) is 1. The number of nitrogens with one attached hydrogen (secondary N) is 2. The van der Waals surface area contributed by atoms with Crippen molar-refractivity contribution in [2.24, 2.45) is 0 Å². The topological polar surface area (TPSA) is 108 Å². The molecule has 1 rings (SSSR count). The van der Waals surface area contributed by atoms with Gasteiger partial charge >= 0.3 is 0 Å². The molecule has 2 amide bonds. The fraction of sp³-hybridized carbons (Fsp3) is 0.333. The van der Waals surface area contributed by atoms with Crippen LogP contribution in [0.15, 0.2) is 18.2 Å². The molecule has 1 aromatic rings. The molecule has 7 nitrogen and oxygen atoms in total. The van der Waals surface area contributed by atoms with Crippen LogP contribution in [-0.2, 0) is 4.79 Å². The molecular formula is C12H15FN2O5. The van der Waals surface area contributed by atoms with E-state index < -0.39 is 30.3 Å². The Kier molecular flexibility index (Phi) is 5.88. The van der Waals surface area contributed by atoms with E-state index in [0.29, 0.717) is 0 Å². The Labute approximate surface area is 114 Å². The number of halogens is 1. The molecule has 1 aromatic carbocycles. The van der Waals surface area contributed by atoms with Crippen LogP contribution in [-0.4, -0.2) is 41.4 Å². The number of rotatable bonds is 6. The van der Waals surface area contributed by atoms with Gasteiger partial charge in [0.1, 0.15) is 6.04 Å². The first-order valence-corrected chi connectivity index (χ1v) is 5.81. The highest BCUT2D eigenvalue weighted by atomic mass is 19.1. The van der Waals surface area contributed by atoms with E-state index in [-0.39, 0.29) is 17.9 Å². The zero-order valence-corrected chi connectivity index (χ0v) is 10.7. The van der Waals surface area contributed by atoms with Crippen LogP contribution in [0, 0.1) is 5.82 Å². The van der Waals surface area contributed by atoms with E-state index in [1.54, 1.807) is 6.92 Å². The Morgan fingerprint density at radius 2 is 2.15 bits per heavy atom. The maximum atomic E-state index is 13.3. The summed E-state index contributed by atoms with van der Waals surface area (Å²) in [7, 11) is 0. The summed E-state index contributed by atoms with van der Waals surface area (Å²) in [6.45, 7) is 1.20. The Balaban J connectivity index is 2.86. The van der Waals surface area contributed by atoms with Gasteiger partial charge in [-0.25, -0.2) is 9.87 Å². The van der Waals surface area contributed by atoms with Crippen LogP contribution < -0.4 is 15.5 Å². The Hall–Kier alpha value is -2.19. The monoisotopic (exact) mass is 286 g/mol. The van der Waals surface area contributed by atoms with Gasteiger partial charge in [-0.15, -0.1) is 0 Å². The van der Waals surface area contributed by atoms with Gasteiger partial charge in [0.25, 0.3) is 11.8 Å². The predicted octanol–water partition coefficient (Wildman–Crippen LogP) is -0.179. The molecule has 0 aliphatic rings. The zero-order valence-electron chi connectivity index (χ0n) is 10.7. The number of aliphatic hydroxyl groups is 1. The molecule has 0 aromatic heterocycles. The third-order valence-electron chi connectivity index (χ3n) is 2.41. The van der Waals surface area contributed by atoms with Crippen molar-refractivity contribution in [1.82, 2.24) is 10.8 Å². The maximum Gasteiger partial charge on any atom is 0.268 e. The molecule has 0 aliphatic carbocycles. The average molecular weight is 286 g/mol. The van der Waals surface area contributed by atoms with Gasteiger partial charge in [-0.1, -0.05) is 0 Å². The predicted molar refractivity (Wildman–Crippen MR) is 65.8 cm³/mol. The van der Waals surface area contributed by atoms with Crippen molar-refractivity contribution in [2.45, 2.75) is 13.0 Å². The summed E-state index contributed by atoms with van der Waals surface area (Å²) in [5.74, 6) is -2.39. The second kappa shape index (κ2) is 7.41. The summed E-state index contributed by atoms with van der Waals surface area (Å²) in [4.78, 5) is 23.0. The molecule has 20 heavy (non-hydrogen) atoms. The van der Waals surface area contributed by atoms with Gasteiger partial charge in [0.2, 0.25) is 0 Å². The molecular weight excluding hydrogens is 271 g/mol. The average Bonchev–Trinajstić information content (AvgIpc) is 2.46. The molecule has 0 saturated carbocycles. The van der Waals surface area contributed by atoms with Crippen LogP contribution in [0.3, 0.4) is 0 Å². The molecule has 0 aliphatic heterocycles. The zero-order chi connectivity index (χ0) is 15.1. The van der Waals surface area contributed by atoms with Crippen molar-refractivity contribution in [3.05, 3.63) is 29.6 Å². The number of hydrogen-bond donors (Lipinski definition) is 4. The normalized spacial score (nSPS) is 11.6. The first-order chi connectivity index (χ1) is 9.53. The Morgan fingerprint density at radius 1 is 1.45 bits per heavy atom. The minimum Gasteiger partial charge on any atom is -0.491 e. The van der Waals surface area contributed by atoms with Gasteiger partial charge in [0.05, 0.1) is 13.2 Å². The van der Waals surface area contributed by atoms with Crippen LogP contribution in [0.4, 0.5) is 4.39 Å². The number of benzene rings is 1. The van der Waals surface area contributed by atoms with Gasteiger partial charge in [0, 0.05) is 5.56 Å². The summed E-state index contributed by atoms with van der Waals surface area (Å²) in [5, 5.41) is 19.6. The maximum absolute atomic E-state index is 13.3. The van der Waals surface area contributed by atoms with E-state index in [1.807, 2.05) is 0 Å². The van der Waals surface area contributed by atoms with Gasteiger partial charge in [-0.3, -0.25) is 14.8 Å². The smallest absolute Gasteiger partial charge is 0.268 e. The third-order valence-corrected chi connectivity index (χ3v) is 2.41. The molecule has 0 spiro atoms. The van der Waals surface area contributed by atoms with E-state index in [4.69, 9.17) is 15.1 Å². The van der Waals surface area contributed by atoms with E-state index in [0.717, 1.165) is 6.07 Å². The van der Waals surface area contributed by atoms with Crippen LogP contribution in [0.1, 0.15) is 17.3 Å². The van der Waals surface area contributed by atoms with Crippen LogP contribution in [0.5, 0.6) is 5.75 Å². The van der Waals surface area contributed by atoms with Gasteiger partial charge < -0.3 is 15.2 Å². The summed E-state index contributed by atoms with van der Waals surface area (Å²) in [5.41, 5.74) is 1.37. The number of carbonyl (C=O) groups excluding carboxylic acids is 2. The van der Waals surface area contributed by atoms with Gasteiger partial charge in [0.15, 0.2) is 11.6 Å². The number of hydrogen-bond acceptors (Lipinski definition) is 5. The first-order valence-electron chi connectivity index (χ1n) is 5.81.